The number of carboxylic acids is 1. The van der Waals surface area contributed by atoms with Crippen LogP contribution in [0.15, 0.2) is 0 Å². The lowest BCUT2D eigenvalue weighted by atomic mass is 10.1. The van der Waals surface area contributed by atoms with Crippen molar-refractivity contribution in [1.82, 2.24) is 5.32 Å². The Hall–Kier alpha value is 0.130. The first-order chi connectivity index (χ1) is 8.22. The Morgan fingerprint density at radius 2 is 2.06 bits per heavy atom. The molecule has 5 heteroatoms. The van der Waals surface area contributed by atoms with Gasteiger partial charge in [-0.25, -0.2) is 0 Å². The molecular formula is C12H23NO2S2. The lowest BCUT2D eigenvalue weighted by Gasteiger charge is -2.23. The number of hydrogen-bond acceptors (Lipinski definition) is 4. The van der Waals surface area contributed by atoms with Gasteiger partial charge in [-0.2, -0.15) is 23.5 Å². The van der Waals surface area contributed by atoms with Gasteiger partial charge in [0.1, 0.15) is 0 Å². The lowest BCUT2D eigenvalue weighted by Crippen LogP contribution is -2.42. The van der Waals surface area contributed by atoms with Crippen LogP contribution in [0, 0.1) is 0 Å². The Bertz CT molecular complexity index is 219. The van der Waals surface area contributed by atoms with Crippen LogP contribution in [0.3, 0.4) is 0 Å². The van der Waals surface area contributed by atoms with Gasteiger partial charge in [0.2, 0.25) is 0 Å². The third-order valence-corrected chi connectivity index (χ3v) is 5.33. The van der Waals surface area contributed by atoms with Crippen molar-refractivity contribution in [2.45, 2.75) is 44.7 Å². The van der Waals surface area contributed by atoms with E-state index in [1.807, 2.05) is 23.5 Å². The van der Waals surface area contributed by atoms with Crippen LogP contribution in [0.2, 0.25) is 0 Å². The van der Waals surface area contributed by atoms with Gasteiger partial charge >= 0.3 is 5.97 Å². The van der Waals surface area contributed by atoms with E-state index < -0.39 is 5.97 Å². The van der Waals surface area contributed by atoms with Crippen LogP contribution >= 0.6 is 23.5 Å². The number of rotatable bonds is 7. The third-order valence-electron chi connectivity index (χ3n) is 2.81. The fourth-order valence-electron chi connectivity index (χ4n) is 1.95. The van der Waals surface area contributed by atoms with E-state index in [0.717, 1.165) is 30.8 Å². The molecule has 1 aliphatic rings. The number of aliphatic carboxylic acids is 1. The summed E-state index contributed by atoms with van der Waals surface area (Å²) in [4.78, 5) is 10.8. The Kier molecular flexibility index (Phi) is 8.14. The zero-order chi connectivity index (χ0) is 12.5. The second-order valence-electron chi connectivity index (χ2n) is 4.45. The number of hydrogen-bond donors (Lipinski definition) is 2. The highest BCUT2D eigenvalue weighted by Gasteiger charge is 2.19. The molecule has 0 aliphatic carbocycles. The van der Waals surface area contributed by atoms with Gasteiger partial charge in [-0.15, -0.1) is 0 Å². The largest absolute Gasteiger partial charge is 0.481 e. The van der Waals surface area contributed by atoms with Crippen molar-refractivity contribution in [3.05, 3.63) is 0 Å². The second-order valence-corrected chi connectivity index (χ2v) is 6.75. The second kappa shape index (κ2) is 9.11. The molecule has 0 aromatic heterocycles. The summed E-state index contributed by atoms with van der Waals surface area (Å²) in [5.41, 5.74) is 0. The smallest absolute Gasteiger partial charge is 0.304 e. The first-order valence-electron chi connectivity index (χ1n) is 6.35. The van der Waals surface area contributed by atoms with E-state index in [1.54, 1.807) is 0 Å². The normalized spacial score (nSPS) is 19.8. The van der Waals surface area contributed by atoms with Gasteiger partial charge in [0.25, 0.3) is 0 Å². The fraction of sp³-hybridized carbons (Fsp3) is 0.917. The monoisotopic (exact) mass is 277 g/mol. The van der Waals surface area contributed by atoms with Crippen LogP contribution < -0.4 is 5.32 Å². The Morgan fingerprint density at radius 3 is 2.59 bits per heavy atom. The van der Waals surface area contributed by atoms with Crippen LogP contribution in [-0.2, 0) is 4.79 Å². The number of thioether (sulfide) groups is 2. The summed E-state index contributed by atoms with van der Waals surface area (Å²) in [6.07, 6.45) is 3.48. The highest BCUT2D eigenvalue weighted by atomic mass is 32.2. The molecular weight excluding hydrogens is 254 g/mol. The minimum absolute atomic E-state index is 0.150. The molecule has 0 aromatic carbocycles. The number of unbranched alkanes of at least 4 members (excludes halogenated alkanes) is 1. The van der Waals surface area contributed by atoms with Crippen LogP contribution in [0.4, 0.5) is 0 Å². The van der Waals surface area contributed by atoms with Gasteiger partial charge in [0.05, 0.1) is 6.42 Å². The van der Waals surface area contributed by atoms with E-state index in [2.05, 4.69) is 12.2 Å². The minimum atomic E-state index is -0.687. The van der Waals surface area contributed by atoms with E-state index in [9.17, 15) is 4.79 Å². The molecule has 1 fully saturated rings. The van der Waals surface area contributed by atoms with E-state index in [1.165, 1.54) is 11.5 Å². The molecule has 100 valence electrons. The average Bonchev–Trinajstić information content (AvgIpc) is 2.53. The molecule has 0 radical (unpaired) electrons. The molecule has 0 amide bonds. The van der Waals surface area contributed by atoms with E-state index >= 15 is 0 Å². The van der Waals surface area contributed by atoms with Gasteiger partial charge in [0.15, 0.2) is 0 Å². The van der Waals surface area contributed by atoms with E-state index in [0.29, 0.717) is 6.04 Å². The summed E-state index contributed by atoms with van der Waals surface area (Å²) >= 11 is 3.96. The average molecular weight is 277 g/mol. The number of carbonyl (C=O) groups is 1. The first-order valence-corrected chi connectivity index (χ1v) is 8.66. The van der Waals surface area contributed by atoms with Crippen molar-refractivity contribution in [2.24, 2.45) is 0 Å². The molecule has 2 N–H and O–H groups in total. The zero-order valence-corrected chi connectivity index (χ0v) is 12.1. The van der Waals surface area contributed by atoms with Crippen molar-refractivity contribution in [1.29, 1.82) is 0 Å². The number of carboxylic acid groups (broad SMARTS) is 1. The van der Waals surface area contributed by atoms with Crippen LogP contribution in [0.25, 0.3) is 0 Å². The van der Waals surface area contributed by atoms with Gasteiger partial charge in [-0.05, 0) is 6.42 Å². The Balaban J connectivity index is 2.36. The Labute approximate surface area is 112 Å². The van der Waals surface area contributed by atoms with E-state index in [-0.39, 0.29) is 12.5 Å². The number of nitrogens with one attached hydrogen (secondary N) is 1. The van der Waals surface area contributed by atoms with Crippen LogP contribution in [-0.4, -0.2) is 46.2 Å². The topological polar surface area (TPSA) is 49.3 Å². The predicted molar refractivity (Wildman–Crippen MR) is 77.1 cm³/mol. The molecule has 1 rings (SSSR count). The molecule has 1 atom stereocenters. The molecule has 1 unspecified atom stereocenters. The molecule has 1 aliphatic heterocycles. The maximum absolute atomic E-state index is 10.8. The van der Waals surface area contributed by atoms with Crippen molar-refractivity contribution in [3.8, 4) is 0 Å². The summed E-state index contributed by atoms with van der Waals surface area (Å²) in [7, 11) is 0. The van der Waals surface area contributed by atoms with Crippen molar-refractivity contribution >= 4 is 29.5 Å². The molecule has 0 bridgehead atoms. The summed E-state index contributed by atoms with van der Waals surface area (Å²) in [6.45, 7) is 2.15. The maximum atomic E-state index is 10.8. The maximum Gasteiger partial charge on any atom is 0.304 e. The van der Waals surface area contributed by atoms with Gasteiger partial charge in [-0.1, -0.05) is 19.8 Å². The highest BCUT2D eigenvalue weighted by Crippen LogP contribution is 2.18. The SMILES string of the molecule is CCCCC(CC(=O)O)NC1CSCCSC1. The first kappa shape index (κ1) is 15.2. The van der Waals surface area contributed by atoms with Crippen LogP contribution in [0.5, 0.6) is 0 Å². The van der Waals surface area contributed by atoms with Gasteiger partial charge < -0.3 is 10.4 Å². The fourth-order valence-corrected chi connectivity index (χ4v) is 4.37. The van der Waals surface area contributed by atoms with Crippen LogP contribution in [0.1, 0.15) is 32.6 Å². The highest BCUT2D eigenvalue weighted by molar-refractivity contribution is 8.03. The van der Waals surface area contributed by atoms with Crippen molar-refractivity contribution in [2.75, 3.05) is 23.0 Å². The summed E-state index contributed by atoms with van der Waals surface area (Å²) < 4.78 is 0. The van der Waals surface area contributed by atoms with Gasteiger partial charge in [0, 0.05) is 35.1 Å². The standard InChI is InChI=1S/C12H23NO2S2/c1-2-3-4-10(7-12(14)15)13-11-8-16-5-6-17-9-11/h10-11,13H,2-9H2,1H3,(H,14,15). The molecule has 0 aromatic rings. The lowest BCUT2D eigenvalue weighted by molar-refractivity contribution is -0.137. The third kappa shape index (κ3) is 7.21. The summed E-state index contributed by atoms with van der Waals surface area (Å²) in [6, 6.07) is 0.630. The molecule has 0 spiro atoms. The summed E-state index contributed by atoms with van der Waals surface area (Å²) in [5.74, 6) is 4.00. The summed E-state index contributed by atoms with van der Waals surface area (Å²) in [5, 5.41) is 12.5. The molecule has 3 nitrogen and oxygen atoms in total. The van der Waals surface area contributed by atoms with E-state index in [4.69, 9.17) is 5.11 Å². The molecule has 17 heavy (non-hydrogen) atoms. The molecule has 1 heterocycles. The quantitative estimate of drug-likeness (QED) is 0.748. The molecule has 1 saturated heterocycles. The van der Waals surface area contributed by atoms with Gasteiger partial charge in [-0.3, -0.25) is 4.79 Å². The minimum Gasteiger partial charge on any atom is -0.481 e. The van der Waals surface area contributed by atoms with Crippen molar-refractivity contribution < 1.29 is 9.90 Å². The zero-order valence-electron chi connectivity index (χ0n) is 10.5. The predicted octanol–water partition coefficient (Wildman–Crippen LogP) is 2.46. The van der Waals surface area contributed by atoms with Crippen molar-refractivity contribution in [3.63, 3.8) is 0 Å². The molecule has 0 saturated carbocycles. The Morgan fingerprint density at radius 1 is 1.41 bits per heavy atom.